The summed E-state index contributed by atoms with van der Waals surface area (Å²) >= 11 is 0. The predicted octanol–water partition coefficient (Wildman–Crippen LogP) is 2.76. The minimum Gasteiger partial charge on any atom is -0.466 e. The van der Waals surface area contributed by atoms with Gasteiger partial charge in [-0.3, -0.25) is 4.79 Å². The monoisotopic (exact) mass is 383 g/mol. The molecule has 1 amide bonds. The van der Waals surface area contributed by atoms with E-state index in [-0.39, 0.29) is 26.1 Å². The van der Waals surface area contributed by atoms with Crippen molar-refractivity contribution >= 4 is 12.1 Å². The first kappa shape index (κ1) is 19.9. The van der Waals surface area contributed by atoms with Crippen LogP contribution in [0.5, 0.6) is 0 Å². The van der Waals surface area contributed by atoms with Gasteiger partial charge in [0.2, 0.25) is 0 Å². The Morgan fingerprint density at radius 1 is 1.07 bits per heavy atom. The smallest absolute Gasteiger partial charge is 0.407 e. The molecule has 2 N–H and O–H groups in total. The summed E-state index contributed by atoms with van der Waals surface area (Å²) in [6.07, 6.45) is -0.160. The molecule has 0 saturated carbocycles. The van der Waals surface area contributed by atoms with Crippen LogP contribution in [0.15, 0.2) is 54.6 Å². The lowest BCUT2D eigenvalue weighted by molar-refractivity contribution is -0.150. The molecule has 0 aliphatic heterocycles. The van der Waals surface area contributed by atoms with E-state index in [1.54, 1.807) is 6.92 Å². The van der Waals surface area contributed by atoms with Gasteiger partial charge in [-0.25, -0.2) is 4.79 Å². The van der Waals surface area contributed by atoms with Gasteiger partial charge in [-0.2, -0.15) is 0 Å². The summed E-state index contributed by atoms with van der Waals surface area (Å²) in [6, 6.07) is 16.4. The predicted molar refractivity (Wildman–Crippen MR) is 104 cm³/mol. The number of esters is 1. The Labute approximate surface area is 164 Å². The van der Waals surface area contributed by atoms with Crippen LogP contribution in [-0.4, -0.2) is 35.4 Å². The van der Waals surface area contributed by atoms with E-state index in [0.29, 0.717) is 6.42 Å². The molecule has 2 atom stereocenters. The highest BCUT2D eigenvalue weighted by Gasteiger charge is 2.44. The van der Waals surface area contributed by atoms with Crippen LogP contribution in [0.1, 0.15) is 30.0 Å². The van der Waals surface area contributed by atoms with Crippen molar-refractivity contribution in [3.63, 3.8) is 0 Å². The molecule has 0 radical (unpaired) electrons. The van der Waals surface area contributed by atoms with Gasteiger partial charge in [-0.05, 0) is 30.0 Å². The molecule has 28 heavy (non-hydrogen) atoms. The number of benzene rings is 2. The Morgan fingerprint density at radius 3 is 2.46 bits per heavy atom. The zero-order valence-electron chi connectivity index (χ0n) is 15.9. The molecular weight excluding hydrogens is 358 g/mol. The molecular formula is C22H25NO5. The highest BCUT2D eigenvalue weighted by molar-refractivity contribution is 5.72. The number of fused-ring (bicyclic) bond motifs is 1. The number of hydrogen-bond donors (Lipinski definition) is 2. The van der Waals surface area contributed by atoms with Crippen LogP contribution in [0.4, 0.5) is 4.79 Å². The number of aliphatic hydroxyl groups is 1. The maximum Gasteiger partial charge on any atom is 0.407 e. The minimum atomic E-state index is -1.44. The molecule has 3 rings (SSSR count). The standard InChI is InChI=1S/C22H25NO5/c1-2-27-20(24)14-22(26)13-18-11-7-6-10-17(18)12-19(22)23-21(25)28-15-16-8-4-3-5-9-16/h3-11,19,26H,2,12-15H2,1H3,(H,23,25)/t19-,22-/m1/s1. The fraction of sp³-hybridized carbons (Fsp3) is 0.364. The van der Waals surface area contributed by atoms with Crippen LogP contribution in [0.2, 0.25) is 0 Å². The van der Waals surface area contributed by atoms with E-state index in [1.165, 1.54) is 0 Å². The van der Waals surface area contributed by atoms with E-state index in [0.717, 1.165) is 16.7 Å². The third-order valence-electron chi connectivity index (χ3n) is 4.95. The van der Waals surface area contributed by atoms with Gasteiger partial charge >= 0.3 is 12.1 Å². The molecule has 148 valence electrons. The molecule has 0 unspecified atom stereocenters. The van der Waals surface area contributed by atoms with Crippen LogP contribution in [0.3, 0.4) is 0 Å². The highest BCUT2D eigenvalue weighted by atomic mass is 16.5. The van der Waals surface area contributed by atoms with Gasteiger partial charge in [0.1, 0.15) is 6.61 Å². The molecule has 0 fully saturated rings. The fourth-order valence-electron chi connectivity index (χ4n) is 3.53. The summed E-state index contributed by atoms with van der Waals surface area (Å²) in [6.45, 7) is 2.09. The zero-order chi connectivity index (χ0) is 20.0. The summed E-state index contributed by atoms with van der Waals surface area (Å²) in [4.78, 5) is 24.4. The SMILES string of the molecule is CCOC(=O)C[C@]1(O)Cc2ccccc2C[C@H]1NC(=O)OCc1ccccc1. The summed E-state index contributed by atoms with van der Waals surface area (Å²) in [5, 5.41) is 14.0. The molecule has 0 aromatic heterocycles. The molecule has 2 aromatic rings. The van der Waals surface area contributed by atoms with Crippen molar-refractivity contribution in [1.82, 2.24) is 5.32 Å². The first-order chi connectivity index (χ1) is 13.5. The Kier molecular flexibility index (Phi) is 6.31. The Bertz CT molecular complexity index is 823. The van der Waals surface area contributed by atoms with Crippen molar-refractivity contribution in [1.29, 1.82) is 0 Å². The number of rotatable bonds is 6. The van der Waals surface area contributed by atoms with E-state index >= 15 is 0 Å². The largest absolute Gasteiger partial charge is 0.466 e. The second-order valence-corrected chi connectivity index (χ2v) is 6.99. The van der Waals surface area contributed by atoms with Gasteiger partial charge in [0.15, 0.2) is 0 Å². The molecule has 0 bridgehead atoms. The first-order valence-corrected chi connectivity index (χ1v) is 9.42. The van der Waals surface area contributed by atoms with Crippen LogP contribution < -0.4 is 5.32 Å². The van der Waals surface area contributed by atoms with Crippen molar-refractivity contribution in [2.75, 3.05) is 6.61 Å². The molecule has 0 spiro atoms. The number of carbonyl (C=O) groups is 2. The van der Waals surface area contributed by atoms with E-state index in [1.807, 2.05) is 54.6 Å². The summed E-state index contributed by atoms with van der Waals surface area (Å²) in [5.74, 6) is -0.492. The Hall–Kier alpha value is -2.86. The van der Waals surface area contributed by atoms with Crippen molar-refractivity contribution in [2.24, 2.45) is 0 Å². The molecule has 1 aliphatic rings. The number of carbonyl (C=O) groups excluding carboxylic acids is 2. The van der Waals surface area contributed by atoms with Gasteiger partial charge in [0, 0.05) is 6.42 Å². The third-order valence-corrected chi connectivity index (χ3v) is 4.95. The second kappa shape index (κ2) is 8.89. The normalized spacial score (nSPS) is 20.7. The third kappa shape index (κ3) is 4.89. The fourth-order valence-corrected chi connectivity index (χ4v) is 3.53. The van der Waals surface area contributed by atoms with Gasteiger partial charge in [-0.1, -0.05) is 54.6 Å². The summed E-state index contributed by atoms with van der Waals surface area (Å²) in [5.41, 5.74) is 1.43. The number of nitrogens with one attached hydrogen (secondary N) is 1. The van der Waals surface area contributed by atoms with Crippen LogP contribution in [-0.2, 0) is 33.7 Å². The van der Waals surface area contributed by atoms with Crippen LogP contribution >= 0.6 is 0 Å². The molecule has 6 nitrogen and oxygen atoms in total. The van der Waals surface area contributed by atoms with E-state index < -0.39 is 23.7 Å². The number of amides is 1. The second-order valence-electron chi connectivity index (χ2n) is 6.99. The lowest BCUT2D eigenvalue weighted by Crippen LogP contribution is -2.58. The van der Waals surface area contributed by atoms with Gasteiger partial charge in [0.25, 0.3) is 0 Å². The summed E-state index contributed by atoms with van der Waals surface area (Å²) in [7, 11) is 0. The van der Waals surface area contributed by atoms with Crippen molar-refractivity contribution < 1.29 is 24.2 Å². The average Bonchev–Trinajstić information content (AvgIpc) is 2.68. The van der Waals surface area contributed by atoms with Crippen LogP contribution in [0.25, 0.3) is 0 Å². The maximum atomic E-state index is 12.3. The average molecular weight is 383 g/mol. The van der Waals surface area contributed by atoms with Gasteiger partial charge < -0.3 is 19.9 Å². The lowest BCUT2D eigenvalue weighted by atomic mass is 9.75. The molecule has 1 aliphatic carbocycles. The maximum absolute atomic E-state index is 12.3. The van der Waals surface area contributed by atoms with Crippen molar-refractivity contribution in [3.05, 3.63) is 71.3 Å². The number of hydrogen-bond acceptors (Lipinski definition) is 5. The Balaban J connectivity index is 1.71. The van der Waals surface area contributed by atoms with E-state index in [9.17, 15) is 14.7 Å². The molecule has 6 heteroatoms. The van der Waals surface area contributed by atoms with Gasteiger partial charge in [-0.15, -0.1) is 0 Å². The van der Waals surface area contributed by atoms with Gasteiger partial charge in [0.05, 0.1) is 24.7 Å². The van der Waals surface area contributed by atoms with Crippen LogP contribution in [0, 0.1) is 0 Å². The number of alkyl carbamates (subject to hydrolysis) is 1. The highest BCUT2D eigenvalue weighted by Crippen LogP contribution is 2.32. The van der Waals surface area contributed by atoms with Crippen molar-refractivity contribution in [2.45, 2.75) is 44.4 Å². The minimum absolute atomic E-state index is 0.131. The van der Waals surface area contributed by atoms with E-state index in [2.05, 4.69) is 5.32 Å². The lowest BCUT2D eigenvalue weighted by Gasteiger charge is -2.40. The molecule has 2 aromatic carbocycles. The number of ether oxygens (including phenoxy) is 2. The molecule has 0 saturated heterocycles. The summed E-state index contributed by atoms with van der Waals surface area (Å²) < 4.78 is 10.3. The molecule has 0 heterocycles. The van der Waals surface area contributed by atoms with Crippen molar-refractivity contribution in [3.8, 4) is 0 Å². The van der Waals surface area contributed by atoms with E-state index in [4.69, 9.17) is 9.47 Å². The topological polar surface area (TPSA) is 84.9 Å². The quantitative estimate of drug-likeness (QED) is 0.750. The Morgan fingerprint density at radius 2 is 1.75 bits per heavy atom. The first-order valence-electron chi connectivity index (χ1n) is 9.42. The zero-order valence-corrected chi connectivity index (χ0v) is 15.9.